The van der Waals surface area contributed by atoms with Gasteiger partial charge in [-0.15, -0.1) is 0 Å². The van der Waals surface area contributed by atoms with Crippen LogP contribution in [0.1, 0.15) is 83.0 Å². The summed E-state index contributed by atoms with van der Waals surface area (Å²) >= 11 is 0. The van der Waals surface area contributed by atoms with Crippen molar-refractivity contribution in [3.63, 3.8) is 0 Å². The summed E-state index contributed by atoms with van der Waals surface area (Å²) in [5, 5.41) is 10.2. The van der Waals surface area contributed by atoms with Crippen LogP contribution < -0.4 is 5.56 Å². The number of aliphatic hydroxyl groups is 1. The van der Waals surface area contributed by atoms with Crippen molar-refractivity contribution >= 4 is 0 Å². The Labute approximate surface area is 121 Å². The minimum absolute atomic E-state index is 0.00407. The van der Waals surface area contributed by atoms with E-state index >= 15 is 0 Å². The molecule has 3 nitrogen and oxygen atoms in total. The first-order valence-corrected chi connectivity index (χ1v) is 7.80. The lowest BCUT2D eigenvalue weighted by atomic mass is 9.92. The standard InChI is InChI=1S/C17H27NO2/c1-12(2)15-11-10-14(17(3,4)20)16(19)18(15)13-8-6-5-7-9-13/h10-13,20H,5-9H2,1-4H3. The first-order chi connectivity index (χ1) is 9.32. The highest BCUT2D eigenvalue weighted by molar-refractivity contribution is 5.23. The van der Waals surface area contributed by atoms with Crippen LogP contribution in [-0.4, -0.2) is 9.67 Å². The molecule has 0 radical (unpaired) electrons. The molecule has 0 spiro atoms. The summed E-state index contributed by atoms with van der Waals surface area (Å²) in [6.07, 6.45) is 5.82. The Morgan fingerprint density at radius 1 is 1.20 bits per heavy atom. The number of hydrogen-bond donors (Lipinski definition) is 1. The van der Waals surface area contributed by atoms with E-state index in [0.717, 1.165) is 18.5 Å². The van der Waals surface area contributed by atoms with Gasteiger partial charge in [0.25, 0.3) is 5.56 Å². The van der Waals surface area contributed by atoms with Gasteiger partial charge in [0.2, 0.25) is 0 Å². The average molecular weight is 277 g/mol. The molecule has 1 aromatic rings. The highest BCUT2D eigenvalue weighted by atomic mass is 16.3. The summed E-state index contributed by atoms with van der Waals surface area (Å²) in [5.74, 6) is 0.320. The molecule has 1 saturated carbocycles. The number of nitrogens with zero attached hydrogens (tertiary/aromatic N) is 1. The summed E-state index contributed by atoms with van der Waals surface area (Å²) < 4.78 is 1.97. The van der Waals surface area contributed by atoms with Gasteiger partial charge in [0, 0.05) is 17.3 Å². The van der Waals surface area contributed by atoms with Gasteiger partial charge in [-0.05, 0) is 44.7 Å². The molecule has 1 aromatic heterocycles. The minimum Gasteiger partial charge on any atom is -0.386 e. The maximum atomic E-state index is 12.8. The van der Waals surface area contributed by atoms with Gasteiger partial charge in [-0.25, -0.2) is 0 Å². The largest absolute Gasteiger partial charge is 0.386 e. The zero-order valence-electron chi connectivity index (χ0n) is 13.1. The van der Waals surface area contributed by atoms with Crippen LogP contribution in [0.3, 0.4) is 0 Å². The van der Waals surface area contributed by atoms with Crippen LogP contribution >= 0.6 is 0 Å². The van der Waals surface area contributed by atoms with Crippen LogP contribution in [-0.2, 0) is 5.60 Å². The van der Waals surface area contributed by atoms with E-state index in [2.05, 4.69) is 13.8 Å². The molecule has 1 N–H and O–H groups in total. The van der Waals surface area contributed by atoms with Crippen molar-refractivity contribution in [1.82, 2.24) is 4.57 Å². The number of hydrogen-bond acceptors (Lipinski definition) is 2. The molecule has 0 atom stereocenters. The number of pyridine rings is 1. The van der Waals surface area contributed by atoms with E-state index in [9.17, 15) is 9.90 Å². The molecular weight excluding hydrogens is 250 g/mol. The molecule has 0 amide bonds. The van der Waals surface area contributed by atoms with E-state index in [4.69, 9.17) is 0 Å². The Morgan fingerprint density at radius 2 is 1.80 bits per heavy atom. The van der Waals surface area contributed by atoms with E-state index in [0.29, 0.717) is 17.5 Å². The van der Waals surface area contributed by atoms with Crippen molar-refractivity contribution in [3.8, 4) is 0 Å². The Balaban J connectivity index is 2.57. The second kappa shape index (κ2) is 5.72. The van der Waals surface area contributed by atoms with Gasteiger partial charge >= 0.3 is 0 Å². The van der Waals surface area contributed by atoms with E-state index in [1.807, 2.05) is 10.6 Å². The maximum absolute atomic E-state index is 12.8. The summed E-state index contributed by atoms with van der Waals surface area (Å²) in [7, 11) is 0. The Bertz CT molecular complexity index is 517. The molecule has 1 aliphatic rings. The van der Waals surface area contributed by atoms with E-state index < -0.39 is 5.60 Å². The van der Waals surface area contributed by atoms with Gasteiger partial charge in [0.15, 0.2) is 0 Å². The minimum atomic E-state index is -1.08. The molecule has 1 fully saturated rings. The fourth-order valence-corrected chi connectivity index (χ4v) is 3.22. The van der Waals surface area contributed by atoms with Gasteiger partial charge in [-0.1, -0.05) is 33.1 Å². The highest BCUT2D eigenvalue weighted by Gasteiger charge is 2.26. The third kappa shape index (κ3) is 2.98. The highest BCUT2D eigenvalue weighted by Crippen LogP contribution is 2.30. The number of aromatic nitrogens is 1. The molecule has 0 aliphatic heterocycles. The predicted molar refractivity (Wildman–Crippen MR) is 82.2 cm³/mol. The topological polar surface area (TPSA) is 42.2 Å². The first-order valence-electron chi connectivity index (χ1n) is 7.80. The SMILES string of the molecule is CC(C)c1ccc(C(C)(C)O)c(=O)n1C1CCCCC1. The van der Waals surface area contributed by atoms with Crippen molar-refractivity contribution in [2.75, 3.05) is 0 Å². The van der Waals surface area contributed by atoms with E-state index in [1.165, 1.54) is 19.3 Å². The van der Waals surface area contributed by atoms with Gasteiger partial charge in [0.05, 0.1) is 5.60 Å². The molecule has 0 aromatic carbocycles. The van der Waals surface area contributed by atoms with Crippen molar-refractivity contribution < 1.29 is 5.11 Å². The van der Waals surface area contributed by atoms with Crippen molar-refractivity contribution in [3.05, 3.63) is 33.7 Å². The fraction of sp³-hybridized carbons (Fsp3) is 0.706. The van der Waals surface area contributed by atoms with E-state index in [1.54, 1.807) is 19.9 Å². The van der Waals surface area contributed by atoms with Crippen LogP contribution in [0, 0.1) is 0 Å². The summed E-state index contributed by atoms with van der Waals surface area (Å²) in [6, 6.07) is 4.13. The van der Waals surface area contributed by atoms with Crippen molar-refractivity contribution in [1.29, 1.82) is 0 Å². The molecule has 1 heterocycles. The van der Waals surface area contributed by atoms with Crippen LogP contribution in [0.25, 0.3) is 0 Å². The zero-order chi connectivity index (χ0) is 14.9. The average Bonchev–Trinajstić information content (AvgIpc) is 2.37. The van der Waals surface area contributed by atoms with Crippen molar-refractivity contribution in [2.24, 2.45) is 0 Å². The first kappa shape index (κ1) is 15.3. The Kier molecular flexibility index (Phi) is 4.38. The summed E-state index contributed by atoms with van der Waals surface area (Å²) in [4.78, 5) is 12.8. The van der Waals surface area contributed by atoms with E-state index in [-0.39, 0.29) is 5.56 Å². The van der Waals surface area contributed by atoms with Gasteiger partial charge in [-0.3, -0.25) is 4.79 Å². The molecule has 20 heavy (non-hydrogen) atoms. The molecule has 3 heteroatoms. The van der Waals surface area contributed by atoms with Crippen LogP contribution in [0.4, 0.5) is 0 Å². The van der Waals surface area contributed by atoms with Gasteiger partial charge < -0.3 is 9.67 Å². The lowest BCUT2D eigenvalue weighted by Crippen LogP contribution is -2.36. The smallest absolute Gasteiger partial charge is 0.257 e. The summed E-state index contributed by atoms with van der Waals surface area (Å²) in [5.41, 5.74) is 0.515. The fourth-order valence-electron chi connectivity index (χ4n) is 3.22. The van der Waals surface area contributed by atoms with Crippen LogP contribution in [0.15, 0.2) is 16.9 Å². The predicted octanol–water partition coefficient (Wildman–Crippen LogP) is 3.70. The zero-order valence-corrected chi connectivity index (χ0v) is 13.1. The number of rotatable bonds is 3. The summed E-state index contributed by atoms with van der Waals surface area (Å²) in [6.45, 7) is 7.61. The van der Waals surface area contributed by atoms with Crippen LogP contribution in [0.2, 0.25) is 0 Å². The Morgan fingerprint density at radius 3 is 2.30 bits per heavy atom. The maximum Gasteiger partial charge on any atom is 0.257 e. The molecule has 112 valence electrons. The monoisotopic (exact) mass is 277 g/mol. The molecular formula is C17H27NO2. The molecule has 2 rings (SSSR count). The molecule has 0 bridgehead atoms. The lowest BCUT2D eigenvalue weighted by Gasteiger charge is -2.30. The molecule has 1 aliphatic carbocycles. The van der Waals surface area contributed by atoms with Crippen molar-refractivity contribution in [2.45, 2.75) is 77.4 Å². The third-order valence-corrected chi connectivity index (χ3v) is 4.34. The van der Waals surface area contributed by atoms with Gasteiger partial charge in [-0.2, -0.15) is 0 Å². The third-order valence-electron chi connectivity index (χ3n) is 4.34. The quantitative estimate of drug-likeness (QED) is 0.915. The normalized spacial score (nSPS) is 17.7. The van der Waals surface area contributed by atoms with Crippen LogP contribution in [0.5, 0.6) is 0 Å². The Hall–Kier alpha value is -1.09. The molecule has 0 unspecified atom stereocenters. The lowest BCUT2D eigenvalue weighted by molar-refractivity contribution is 0.0760. The molecule has 0 saturated heterocycles. The second-order valence-electron chi connectivity index (χ2n) is 6.85. The second-order valence-corrected chi connectivity index (χ2v) is 6.85. The van der Waals surface area contributed by atoms with Gasteiger partial charge in [0.1, 0.15) is 0 Å².